The molecule has 19 heavy (non-hydrogen) atoms. The van der Waals surface area contributed by atoms with Gasteiger partial charge in [-0.1, -0.05) is 30.3 Å². The Balaban J connectivity index is 1.68. The van der Waals surface area contributed by atoms with E-state index in [0.717, 1.165) is 19.6 Å². The molecule has 2 unspecified atom stereocenters. The van der Waals surface area contributed by atoms with Crippen LogP contribution in [0, 0.1) is 0 Å². The zero-order valence-electron chi connectivity index (χ0n) is 11.0. The van der Waals surface area contributed by atoms with E-state index >= 15 is 0 Å². The van der Waals surface area contributed by atoms with Crippen molar-refractivity contribution in [3.8, 4) is 0 Å². The van der Waals surface area contributed by atoms with Gasteiger partial charge in [0.15, 0.2) is 0 Å². The summed E-state index contributed by atoms with van der Waals surface area (Å²) in [4.78, 5) is 16.2. The molecule has 102 valence electrons. The number of carbonyl (C=O) groups excluding carboxylic acids is 1. The highest BCUT2D eigenvalue weighted by Crippen LogP contribution is 2.31. The largest absolute Gasteiger partial charge is 0.339 e. The highest BCUT2D eigenvalue weighted by molar-refractivity contribution is 6.27. The van der Waals surface area contributed by atoms with E-state index < -0.39 is 0 Å². The van der Waals surface area contributed by atoms with Gasteiger partial charge < -0.3 is 4.90 Å². The van der Waals surface area contributed by atoms with Crippen molar-refractivity contribution >= 4 is 17.5 Å². The van der Waals surface area contributed by atoms with Crippen LogP contribution in [0.4, 0.5) is 0 Å². The number of hydrogen-bond acceptors (Lipinski definition) is 2. The van der Waals surface area contributed by atoms with Gasteiger partial charge in [0.2, 0.25) is 5.91 Å². The van der Waals surface area contributed by atoms with Crippen molar-refractivity contribution in [3.63, 3.8) is 0 Å². The minimum Gasteiger partial charge on any atom is -0.339 e. The number of likely N-dealkylation sites (tertiary alicyclic amines) is 1. The summed E-state index contributed by atoms with van der Waals surface area (Å²) < 4.78 is 0. The third-order valence-corrected chi connectivity index (χ3v) is 4.54. The summed E-state index contributed by atoms with van der Waals surface area (Å²) in [5.41, 5.74) is 1.36. The van der Waals surface area contributed by atoms with Gasteiger partial charge in [0.05, 0.1) is 0 Å². The molecule has 2 aliphatic rings. The molecule has 0 aliphatic carbocycles. The second-order valence-corrected chi connectivity index (χ2v) is 5.74. The van der Waals surface area contributed by atoms with Crippen molar-refractivity contribution in [2.45, 2.75) is 31.5 Å². The number of nitrogens with zero attached hydrogens (tertiary/aromatic N) is 2. The minimum absolute atomic E-state index is 0.0814. The Kier molecular flexibility index (Phi) is 3.76. The first-order valence-electron chi connectivity index (χ1n) is 6.91. The summed E-state index contributed by atoms with van der Waals surface area (Å²) in [6.45, 7) is 2.68. The lowest BCUT2D eigenvalue weighted by Gasteiger charge is -2.41. The van der Waals surface area contributed by atoms with Crippen LogP contribution < -0.4 is 0 Å². The van der Waals surface area contributed by atoms with E-state index in [1.54, 1.807) is 0 Å². The average Bonchev–Trinajstić information content (AvgIpc) is 2.69. The van der Waals surface area contributed by atoms with Crippen molar-refractivity contribution in [2.75, 3.05) is 19.0 Å². The van der Waals surface area contributed by atoms with Crippen LogP contribution in [0.15, 0.2) is 30.3 Å². The van der Waals surface area contributed by atoms with E-state index in [0.29, 0.717) is 12.1 Å². The van der Waals surface area contributed by atoms with E-state index in [4.69, 9.17) is 11.6 Å². The number of hydrogen-bond donors (Lipinski definition) is 0. The standard InChI is InChI=1S/C15H19ClN2O/c16-8-15(19)17-10-13-6-7-14(11-17)18(13)9-12-4-2-1-3-5-12/h1-5,13-14H,6-11H2. The lowest BCUT2D eigenvalue weighted by atomic mass is 10.1. The molecule has 2 bridgehead atoms. The summed E-state index contributed by atoms with van der Waals surface area (Å²) in [5.74, 6) is 0.191. The number of halogens is 1. The molecule has 1 amide bonds. The number of rotatable bonds is 3. The molecule has 3 nitrogen and oxygen atoms in total. The van der Waals surface area contributed by atoms with Gasteiger partial charge in [-0.15, -0.1) is 11.6 Å². The molecule has 0 radical (unpaired) electrons. The van der Waals surface area contributed by atoms with Gasteiger partial charge in [-0.2, -0.15) is 0 Å². The second-order valence-electron chi connectivity index (χ2n) is 5.48. The van der Waals surface area contributed by atoms with Gasteiger partial charge in [0.1, 0.15) is 5.88 Å². The Morgan fingerprint density at radius 1 is 1.16 bits per heavy atom. The third kappa shape index (κ3) is 2.63. The van der Waals surface area contributed by atoms with Gasteiger partial charge >= 0.3 is 0 Å². The maximum Gasteiger partial charge on any atom is 0.237 e. The Bertz CT molecular complexity index is 437. The van der Waals surface area contributed by atoms with E-state index in [9.17, 15) is 4.79 Å². The van der Waals surface area contributed by atoms with Crippen molar-refractivity contribution in [1.82, 2.24) is 9.80 Å². The number of carbonyl (C=O) groups is 1. The quantitative estimate of drug-likeness (QED) is 0.791. The van der Waals surface area contributed by atoms with Crippen molar-refractivity contribution < 1.29 is 4.79 Å². The molecule has 4 heteroatoms. The number of amides is 1. The first kappa shape index (κ1) is 12.9. The minimum atomic E-state index is 0.0814. The predicted octanol–water partition coefficient (Wildman–Crippen LogP) is 2.10. The van der Waals surface area contributed by atoms with Crippen LogP contribution >= 0.6 is 11.6 Å². The van der Waals surface area contributed by atoms with Gasteiger partial charge in [-0.05, 0) is 18.4 Å². The summed E-state index contributed by atoms with van der Waals surface area (Å²) >= 11 is 5.66. The first-order valence-corrected chi connectivity index (χ1v) is 7.45. The van der Waals surface area contributed by atoms with E-state index in [1.807, 2.05) is 4.90 Å². The van der Waals surface area contributed by atoms with Crippen molar-refractivity contribution in [3.05, 3.63) is 35.9 Å². The predicted molar refractivity (Wildman–Crippen MR) is 76.1 cm³/mol. The smallest absolute Gasteiger partial charge is 0.237 e. The van der Waals surface area contributed by atoms with E-state index in [-0.39, 0.29) is 11.8 Å². The lowest BCUT2D eigenvalue weighted by Crippen LogP contribution is -2.55. The molecule has 2 saturated heterocycles. The summed E-state index contributed by atoms with van der Waals surface area (Å²) in [6, 6.07) is 11.6. The fourth-order valence-corrected chi connectivity index (χ4v) is 3.50. The Morgan fingerprint density at radius 3 is 2.37 bits per heavy atom. The monoisotopic (exact) mass is 278 g/mol. The molecule has 2 aliphatic heterocycles. The van der Waals surface area contributed by atoms with Crippen molar-refractivity contribution in [2.24, 2.45) is 0 Å². The average molecular weight is 279 g/mol. The van der Waals surface area contributed by atoms with Gasteiger partial charge in [-0.25, -0.2) is 0 Å². The zero-order chi connectivity index (χ0) is 13.2. The molecule has 0 aromatic heterocycles. The van der Waals surface area contributed by atoms with Crippen LogP contribution in [-0.2, 0) is 11.3 Å². The Labute approximate surface area is 119 Å². The Hall–Kier alpha value is -1.06. The molecule has 3 rings (SSSR count). The molecule has 2 heterocycles. The molecule has 1 aromatic rings. The van der Waals surface area contributed by atoms with Crippen LogP contribution in [0.2, 0.25) is 0 Å². The molecule has 1 aromatic carbocycles. The van der Waals surface area contributed by atoms with E-state index in [1.165, 1.54) is 18.4 Å². The SMILES string of the molecule is O=C(CCl)N1CC2CCC(C1)N2Cc1ccccc1. The number of benzene rings is 1. The molecule has 0 spiro atoms. The topological polar surface area (TPSA) is 23.6 Å². The number of piperazine rings is 1. The van der Waals surface area contributed by atoms with E-state index in [2.05, 4.69) is 35.2 Å². The van der Waals surface area contributed by atoms with Crippen molar-refractivity contribution in [1.29, 1.82) is 0 Å². The second kappa shape index (κ2) is 5.51. The lowest BCUT2D eigenvalue weighted by molar-refractivity contribution is -0.132. The van der Waals surface area contributed by atoms with Gasteiger partial charge in [0.25, 0.3) is 0 Å². The fraction of sp³-hybridized carbons (Fsp3) is 0.533. The fourth-order valence-electron chi connectivity index (χ4n) is 3.33. The maximum atomic E-state index is 11.7. The molecular formula is C15H19ClN2O. The van der Waals surface area contributed by atoms with Crippen LogP contribution in [0.25, 0.3) is 0 Å². The molecule has 2 fully saturated rings. The van der Waals surface area contributed by atoms with Gasteiger partial charge in [0, 0.05) is 31.7 Å². The normalized spacial score (nSPS) is 26.7. The van der Waals surface area contributed by atoms with Crippen LogP contribution in [0.5, 0.6) is 0 Å². The summed E-state index contributed by atoms with van der Waals surface area (Å²) in [7, 11) is 0. The van der Waals surface area contributed by atoms with Crippen LogP contribution in [-0.4, -0.2) is 46.8 Å². The molecule has 2 atom stereocenters. The summed E-state index contributed by atoms with van der Waals surface area (Å²) in [6.07, 6.45) is 2.40. The maximum absolute atomic E-state index is 11.7. The third-order valence-electron chi connectivity index (χ3n) is 4.31. The highest BCUT2D eigenvalue weighted by atomic mass is 35.5. The van der Waals surface area contributed by atoms with Crippen LogP contribution in [0.3, 0.4) is 0 Å². The zero-order valence-corrected chi connectivity index (χ0v) is 11.7. The van der Waals surface area contributed by atoms with Crippen LogP contribution in [0.1, 0.15) is 18.4 Å². The molecule has 0 saturated carbocycles. The Morgan fingerprint density at radius 2 is 1.79 bits per heavy atom. The first-order chi connectivity index (χ1) is 9.28. The van der Waals surface area contributed by atoms with Gasteiger partial charge in [-0.3, -0.25) is 9.69 Å². The number of alkyl halides is 1. The summed E-state index contributed by atoms with van der Waals surface area (Å²) in [5, 5.41) is 0. The number of fused-ring (bicyclic) bond motifs is 2. The molecular weight excluding hydrogens is 260 g/mol. The molecule has 0 N–H and O–H groups in total. The highest BCUT2D eigenvalue weighted by Gasteiger charge is 2.40.